The molecule has 0 aliphatic carbocycles. The number of hydrogen-bond acceptors (Lipinski definition) is 8. The van der Waals surface area contributed by atoms with E-state index in [9.17, 15) is 13.2 Å². The number of sulfonamides is 1. The van der Waals surface area contributed by atoms with Gasteiger partial charge in [0.25, 0.3) is 0 Å². The third kappa shape index (κ3) is 6.49. The number of nitriles is 1. The molecule has 0 bridgehead atoms. The number of nitrogens with one attached hydrogen (secondary N) is 3. The molecule has 0 saturated carbocycles. The molecule has 2 aromatic carbocycles. The number of morpholine rings is 1. The van der Waals surface area contributed by atoms with Crippen LogP contribution in [0.3, 0.4) is 0 Å². The maximum absolute atomic E-state index is 13.1. The number of carbonyl (C=O) groups is 1. The van der Waals surface area contributed by atoms with Gasteiger partial charge >= 0.3 is 0 Å². The summed E-state index contributed by atoms with van der Waals surface area (Å²) in [7, 11) is -3.69. The van der Waals surface area contributed by atoms with Gasteiger partial charge in [0.15, 0.2) is 0 Å². The van der Waals surface area contributed by atoms with Gasteiger partial charge < -0.3 is 25.4 Å². The lowest BCUT2D eigenvalue weighted by molar-refractivity contribution is -0.114. The molecule has 2 saturated heterocycles. The molecule has 0 aromatic heterocycles. The Hall–Kier alpha value is -3.17. The van der Waals surface area contributed by atoms with Crippen molar-refractivity contribution < 1.29 is 22.7 Å². The summed E-state index contributed by atoms with van der Waals surface area (Å²) in [5.41, 5.74) is 2.26. The quantitative estimate of drug-likeness (QED) is 0.478. The SMILES string of the molecule is N#Cc1ccc(NC(=O)CNc2cc(S(=O)(=O)N3CCOCC3)ccc2NC[C@@H]2CCCO2)cc1. The first kappa shape index (κ1) is 24.9. The highest BCUT2D eigenvalue weighted by Gasteiger charge is 2.27. The Morgan fingerprint density at radius 3 is 2.51 bits per heavy atom. The van der Waals surface area contributed by atoms with E-state index >= 15 is 0 Å². The first-order valence-corrected chi connectivity index (χ1v) is 13.0. The Kier molecular flexibility index (Phi) is 8.20. The van der Waals surface area contributed by atoms with Crippen molar-refractivity contribution in [2.24, 2.45) is 0 Å². The Morgan fingerprint density at radius 2 is 1.83 bits per heavy atom. The zero-order valence-electron chi connectivity index (χ0n) is 19.3. The number of hydrogen-bond donors (Lipinski definition) is 3. The van der Waals surface area contributed by atoms with E-state index in [1.807, 2.05) is 6.07 Å². The first-order valence-electron chi connectivity index (χ1n) is 11.6. The van der Waals surface area contributed by atoms with Gasteiger partial charge in [-0.05, 0) is 55.3 Å². The minimum atomic E-state index is -3.69. The first-order chi connectivity index (χ1) is 17.0. The highest BCUT2D eigenvalue weighted by molar-refractivity contribution is 7.89. The molecule has 1 amide bonds. The summed E-state index contributed by atoms with van der Waals surface area (Å²) in [5, 5.41) is 18.1. The van der Waals surface area contributed by atoms with Crippen LogP contribution < -0.4 is 16.0 Å². The molecule has 2 aliphatic heterocycles. The van der Waals surface area contributed by atoms with Crippen molar-refractivity contribution in [2.45, 2.75) is 23.8 Å². The predicted octanol–water partition coefficient (Wildman–Crippen LogP) is 2.22. The van der Waals surface area contributed by atoms with Crippen LogP contribution in [0.15, 0.2) is 47.4 Å². The van der Waals surface area contributed by atoms with Gasteiger partial charge in [0, 0.05) is 31.9 Å². The second kappa shape index (κ2) is 11.5. The van der Waals surface area contributed by atoms with Crippen LogP contribution in [0, 0.1) is 11.3 Å². The maximum Gasteiger partial charge on any atom is 0.243 e. The van der Waals surface area contributed by atoms with Crippen LogP contribution in [0.2, 0.25) is 0 Å². The van der Waals surface area contributed by atoms with E-state index in [2.05, 4.69) is 16.0 Å². The molecule has 10 nitrogen and oxygen atoms in total. The molecule has 0 spiro atoms. The van der Waals surface area contributed by atoms with Crippen molar-refractivity contribution >= 4 is 33.0 Å². The van der Waals surface area contributed by atoms with E-state index in [1.165, 1.54) is 4.31 Å². The number of nitrogens with zero attached hydrogens (tertiary/aromatic N) is 2. The van der Waals surface area contributed by atoms with Gasteiger partial charge in [-0.2, -0.15) is 9.57 Å². The Bertz CT molecular complexity index is 1170. The van der Waals surface area contributed by atoms with Gasteiger partial charge in [0.05, 0.1) is 53.8 Å². The molecule has 186 valence electrons. The van der Waals surface area contributed by atoms with Crippen LogP contribution in [0.1, 0.15) is 18.4 Å². The largest absolute Gasteiger partial charge is 0.381 e. The fourth-order valence-electron chi connectivity index (χ4n) is 3.96. The van der Waals surface area contributed by atoms with E-state index in [0.29, 0.717) is 55.5 Å². The molecule has 3 N–H and O–H groups in total. The summed E-state index contributed by atoms with van der Waals surface area (Å²) in [5.74, 6) is -0.304. The van der Waals surface area contributed by atoms with Crippen molar-refractivity contribution in [1.82, 2.24) is 4.31 Å². The average Bonchev–Trinajstić information content (AvgIpc) is 3.41. The maximum atomic E-state index is 13.1. The molecule has 1 atom stereocenters. The summed E-state index contributed by atoms with van der Waals surface area (Å²) in [6.45, 7) is 2.58. The van der Waals surface area contributed by atoms with Crippen LogP contribution >= 0.6 is 0 Å². The van der Waals surface area contributed by atoms with Gasteiger partial charge in [0.2, 0.25) is 15.9 Å². The smallest absolute Gasteiger partial charge is 0.243 e. The molecule has 2 heterocycles. The van der Waals surface area contributed by atoms with Crippen molar-refractivity contribution in [2.75, 3.05) is 62.0 Å². The molecule has 0 radical (unpaired) electrons. The molecule has 2 fully saturated rings. The molecule has 0 unspecified atom stereocenters. The van der Waals surface area contributed by atoms with Crippen LogP contribution in [0.25, 0.3) is 0 Å². The van der Waals surface area contributed by atoms with Crippen LogP contribution in [-0.4, -0.2) is 70.7 Å². The predicted molar refractivity (Wildman–Crippen MR) is 132 cm³/mol. The second-order valence-electron chi connectivity index (χ2n) is 8.33. The van der Waals surface area contributed by atoms with Crippen molar-refractivity contribution in [3.63, 3.8) is 0 Å². The van der Waals surface area contributed by atoms with Crippen molar-refractivity contribution in [3.8, 4) is 6.07 Å². The normalized spacial score (nSPS) is 18.5. The molecule has 11 heteroatoms. The van der Waals surface area contributed by atoms with E-state index in [1.54, 1.807) is 42.5 Å². The summed E-state index contributed by atoms with van der Waals surface area (Å²) < 4.78 is 38.7. The van der Waals surface area contributed by atoms with Gasteiger partial charge in [-0.15, -0.1) is 0 Å². The van der Waals surface area contributed by atoms with Crippen LogP contribution in [0.4, 0.5) is 17.1 Å². The monoisotopic (exact) mass is 499 g/mol. The summed E-state index contributed by atoms with van der Waals surface area (Å²) in [6, 6.07) is 13.4. The van der Waals surface area contributed by atoms with E-state index in [4.69, 9.17) is 14.7 Å². The van der Waals surface area contributed by atoms with E-state index in [-0.39, 0.29) is 23.5 Å². The minimum absolute atomic E-state index is 0.0737. The number of rotatable bonds is 9. The lowest BCUT2D eigenvalue weighted by atomic mass is 10.2. The molecule has 35 heavy (non-hydrogen) atoms. The molecule has 4 rings (SSSR count). The Balaban J connectivity index is 1.48. The van der Waals surface area contributed by atoms with E-state index < -0.39 is 10.0 Å². The van der Waals surface area contributed by atoms with Crippen LogP contribution in [0.5, 0.6) is 0 Å². The second-order valence-corrected chi connectivity index (χ2v) is 10.3. The minimum Gasteiger partial charge on any atom is -0.381 e. The number of carbonyl (C=O) groups excluding carboxylic acids is 1. The Labute approximate surface area is 205 Å². The standard InChI is InChI=1S/C24H29N5O5S/c25-15-18-3-5-19(6-4-18)28-24(30)17-27-23-14-21(35(31,32)29-9-12-33-13-10-29)7-8-22(23)26-16-20-2-1-11-34-20/h3-8,14,20,26-27H,1-2,9-13,16-17H2,(H,28,30)/t20-/m0/s1. The van der Waals surface area contributed by atoms with Crippen LogP contribution in [-0.2, 0) is 24.3 Å². The highest BCUT2D eigenvalue weighted by atomic mass is 32.2. The van der Waals surface area contributed by atoms with Crippen molar-refractivity contribution in [3.05, 3.63) is 48.0 Å². The summed E-state index contributed by atoms with van der Waals surface area (Å²) in [6.07, 6.45) is 2.08. The van der Waals surface area contributed by atoms with Gasteiger partial charge in [-0.3, -0.25) is 4.79 Å². The number of ether oxygens (including phenoxy) is 2. The molecular formula is C24H29N5O5S. The van der Waals surface area contributed by atoms with Gasteiger partial charge in [-0.1, -0.05) is 0 Å². The lowest BCUT2D eigenvalue weighted by Crippen LogP contribution is -2.40. The lowest BCUT2D eigenvalue weighted by Gasteiger charge is -2.26. The highest BCUT2D eigenvalue weighted by Crippen LogP contribution is 2.28. The van der Waals surface area contributed by atoms with Crippen molar-refractivity contribution in [1.29, 1.82) is 5.26 Å². The van der Waals surface area contributed by atoms with Gasteiger partial charge in [-0.25, -0.2) is 8.42 Å². The fraction of sp³-hybridized carbons (Fsp3) is 0.417. The zero-order valence-corrected chi connectivity index (χ0v) is 20.1. The third-order valence-electron chi connectivity index (χ3n) is 5.88. The fourth-order valence-corrected chi connectivity index (χ4v) is 5.39. The molecule has 2 aliphatic rings. The number of benzene rings is 2. The third-order valence-corrected chi connectivity index (χ3v) is 7.77. The van der Waals surface area contributed by atoms with Gasteiger partial charge in [0.1, 0.15) is 0 Å². The average molecular weight is 500 g/mol. The molecular weight excluding hydrogens is 470 g/mol. The summed E-state index contributed by atoms with van der Waals surface area (Å²) in [4.78, 5) is 12.7. The topological polar surface area (TPSA) is 133 Å². The summed E-state index contributed by atoms with van der Waals surface area (Å²) >= 11 is 0. The molecule has 2 aromatic rings. The van der Waals surface area contributed by atoms with E-state index in [0.717, 1.165) is 19.4 Å². The Morgan fingerprint density at radius 1 is 1.06 bits per heavy atom. The zero-order chi connectivity index (χ0) is 24.7. The number of amides is 1. The number of anilines is 3.